The van der Waals surface area contributed by atoms with Gasteiger partial charge in [-0.15, -0.1) is 0 Å². The Hall–Kier alpha value is -1.81. The number of nitrogens with one attached hydrogen (secondary N) is 1. The third-order valence-electron chi connectivity index (χ3n) is 3.57. The maximum absolute atomic E-state index is 5.18. The second-order valence-electron chi connectivity index (χ2n) is 4.94. The number of aryl methyl sites for hydroxylation is 1. The monoisotopic (exact) mass is 273 g/mol. The van der Waals surface area contributed by atoms with Gasteiger partial charge in [-0.25, -0.2) is 0 Å². The lowest BCUT2D eigenvalue weighted by molar-refractivity contribution is 0.414. The van der Waals surface area contributed by atoms with Crippen molar-refractivity contribution in [2.45, 2.75) is 33.9 Å². The van der Waals surface area contributed by atoms with E-state index in [0.29, 0.717) is 0 Å². The molecule has 0 spiro atoms. The van der Waals surface area contributed by atoms with Crippen molar-refractivity contribution < 1.29 is 4.74 Å². The third kappa shape index (κ3) is 3.20. The molecule has 0 amide bonds. The molecule has 4 nitrogen and oxygen atoms in total. The highest BCUT2D eigenvalue weighted by atomic mass is 16.5. The molecule has 0 aliphatic carbocycles. The average molecular weight is 273 g/mol. The van der Waals surface area contributed by atoms with Crippen LogP contribution < -0.4 is 10.1 Å². The fraction of sp³-hybridized carbons (Fsp3) is 0.438. The van der Waals surface area contributed by atoms with Gasteiger partial charge in [-0.2, -0.15) is 5.10 Å². The lowest BCUT2D eigenvalue weighted by Crippen LogP contribution is -2.13. The molecule has 0 bridgehead atoms. The normalized spacial score (nSPS) is 10.8. The van der Waals surface area contributed by atoms with Crippen LogP contribution in [0.1, 0.15) is 29.4 Å². The zero-order valence-corrected chi connectivity index (χ0v) is 12.7. The minimum Gasteiger partial charge on any atom is -0.497 e. The molecule has 4 heteroatoms. The number of rotatable bonds is 6. The molecule has 0 saturated carbocycles. The van der Waals surface area contributed by atoms with Gasteiger partial charge < -0.3 is 10.1 Å². The zero-order valence-electron chi connectivity index (χ0n) is 12.7. The van der Waals surface area contributed by atoms with Crippen LogP contribution >= 0.6 is 0 Å². The Morgan fingerprint density at radius 3 is 2.50 bits per heavy atom. The van der Waals surface area contributed by atoms with Gasteiger partial charge in [0.1, 0.15) is 5.75 Å². The van der Waals surface area contributed by atoms with Crippen molar-refractivity contribution in [1.82, 2.24) is 15.1 Å². The highest BCUT2D eigenvalue weighted by Gasteiger charge is 2.11. The van der Waals surface area contributed by atoms with Gasteiger partial charge in [0, 0.05) is 17.8 Å². The first-order chi connectivity index (χ1) is 9.65. The van der Waals surface area contributed by atoms with Crippen LogP contribution in [-0.4, -0.2) is 23.4 Å². The minimum atomic E-state index is 0.794. The summed E-state index contributed by atoms with van der Waals surface area (Å²) in [6.45, 7) is 8.98. The van der Waals surface area contributed by atoms with Crippen LogP contribution in [0.4, 0.5) is 0 Å². The number of aromatic nitrogens is 2. The molecular formula is C16H23N3O. The zero-order chi connectivity index (χ0) is 14.5. The molecule has 0 atom stereocenters. The van der Waals surface area contributed by atoms with Gasteiger partial charge in [0.25, 0.3) is 0 Å². The van der Waals surface area contributed by atoms with Crippen molar-refractivity contribution in [3.8, 4) is 5.75 Å². The Labute approximate surface area is 120 Å². The topological polar surface area (TPSA) is 39.1 Å². The number of methoxy groups -OCH3 is 1. The summed E-state index contributed by atoms with van der Waals surface area (Å²) in [4.78, 5) is 0. The van der Waals surface area contributed by atoms with Gasteiger partial charge in [-0.3, -0.25) is 4.68 Å². The van der Waals surface area contributed by atoms with E-state index in [-0.39, 0.29) is 0 Å². The molecule has 0 radical (unpaired) electrons. The van der Waals surface area contributed by atoms with Crippen molar-refractivity contribution in [1.29, 1.82) is 0 Å². The second kappa shape index (κ2) is 6.57. The Morgan fingerprint density at radius 2 is 1.90 bits per heavy atom. The highest BCUT2D eigenvalue weighted by molar-refractivity contribution is 5.29. The lowest BCUT2D eigenvalue weighted by atomic mass is 10.2. The molecule has 1 aromatic carbocycles. The van der Waals surface area contributed by atoms with Crippen LogP contribution in [0.3, 0.4) is 0 Å². The van der Waals surface area contributed by atoms with E-state index in [9.17, 15) is 0 Å². The first-order valence-corrected chi connectivity index (χ1v) is 7.02. The largest absolute Gasteiger partial charge is 0.497 e. The van der Waals surface area contributed by atoms with Crippen molar-refractivity contribution in [3.05, 3.63) is 46.8 Å². The summed E-state index contributed by atoms with van der Waals surface area (Å²) in [7, 11) is 1.68. The van der Waals surface area contributed by atoms with Gasteiger partial charge in [-0.1, -0.05) is 19.1 Å². The SMILES string of the molecule is CCNCc1c(C)nn(Cc2ccc(OC)cc2)c1C. The van der Waals surface area contributed by atoms with E-state index < -0.39 is 0 Å². The lowest BCUT2D eigenvalue weighted by Gasteiger charge is -2.07. The van der Waals surface area contributed by atoms with E-state index >= 15 is 0 Å². The molecule has 0 fully saturated rings. The van der Waals surface area contributed by atoms with E-state index in [1.165, 1.54) is 16.8 Å². The maximum atomic E-state index is 5.18. The average Bonchev–Trinajstić information content (AvgIpc) is 2.72. The van der Waals surface area contributed by atoms with Gasteiger partial charge in [0.15, 0.2) is 0 Å². The van der Waals surface area contributed by atoms with Crippen molar-refractivity contribution in [2.24, 2.45) is 0 Å². The van der Waals surface area contributed by atoms with Gasteiger partial charge in [0.2, 0.25) is 0 Å². The van der Waals surface area contributed by atoms with Crippen LogP contribution in [0.15, 0.2) is 24.3 Å². The van der Waals surface area contributed by atoms with Crippen molar-refractivity contribution in [2.75, 3.05) is 13.7 Å². The fourth-order valence-corrected chi connectivity index (χ4v) is 2.30. The van der Waals surface area contributed by atoms with Gasteiger partial charge in [0.05, 0.1) is 19.3 Å². The van der Waals surface area contributed by atoms with Crippen LogP contribution in [0.2, 0.25) is 0 Å². The summed E-state index contributed by atoms with van der Waals surface area (Å²) < 4.78 is 7.25. The van der Waals surface area contributed by atoms with Crippen LogP contribution in [0.25, 0.3) is 0 Å². The van der Waals surface area contributed by atoms with E-state index in [4.69, 9.17) is 4.74 Å². The van der Waals surface area contributed by atoms with Crippen LogP contribution in [0.5, 0.6) is 5.75 Å². The number of benzene rings is 1. The highest BCUT2D eigenvalue weighted by Crippen LogP contribution is 2.16. The Morgan fingerprint density at radius 1 is 1.20 bits per heavy atom. The molecule has 1 heterocycles. The summed E-state index contributed by atoms with van der Waals surface area (Å²) in [5.41, 5.74) is 4.88. The van der Waals surface area contributed by atoms with E-state index in [0.717, 1.165) is 31.1 Å². The van der Waals surface area contributed by atoms with E-state index in [1.54, 1.807) is 7.11 Å². The summed E-state index contributed by atoms with van der Waals surface area (Å²) in [5.74, 6) is 0.884. The van der Waals surface area contributed by atoms with Crippen LogP contribution in [-0.2, 0) is 13.1 Å². The summed E-state index contributed by atoms with van der Waals surface area (Å²) in [5, 5.41) is 8.01. The smallest absolute Gasteiger partial charge is 0.118 e. The number of hydrogen-bond acceptors (Lipinski definition) is 3. The van der Waals surface area contributed by atoms with Gasteiger partial charge in [-0.05, 0) is 38.1 Å². The first kappa shape index (κ1) is 14.6. The molecule has 108 valence electrons. The fourth-order valence-electron chi connectivity index (χ4n) is 2.30. The summed E-state index contributed by atoms with van der Waals surface area (Å²) in [6, 6.07) is 8.14. The molecule has 0 unspecified atom stereocenters. The van der Waals surface area contributed by atoms with Gasteiger partial charge >= 0.3 is 0 Å². The molecule has 20 heavy (non-hydrogen) atoms. The quantitative estimate of drug-likeness (QED) is 0.879. The van der Waals surface area contributed by atoms with E-state index in [1.807, 2.05) is 12.1 Å². The Bertz CT molecular complexity index is 558. The molecule has 2 rings (SSSR count). The molecule has 2 aromatic rings. The molecule has 0 aliphatic heterocycles. The molecule has 1 aromatic heterocycles. The first-order valence-electron chi connectivity index (χ1n) is 7.02. The number of ether oxygens (including phenoxy) is 1. The van der Waals surface area contributed by atoms with Crippen molar-refractivity contribution in [3.63, 3.8) is 0 Å². The Balaban J connectivity index is 2.16. The predicted molar refractivity (Wildman–Crippen MR) is 81.2 cm³/mol. The number of hydrogen-bond donors (Lipinski definition) is 1. The molecule has 0 saturated heterocycles. The Kier molecular flexibility index (Phi) is 4.79. The standard InChI is InChI=1S/C16H23N3O/c1-5-17-10-16-12(2)18-19(13(16)3)11-14-6-8-15(20-4)9-7-14/h6-9,17H,5,10-11H2,1-4H3. The second-order valence-corrected chi connectivity index (χ2v) is 4.94. The molecule has 0 aliphatic rings. The third-order valence-corrected chi connectivity index (χ3v) is 3.57. The van der Waals surface area contributed by atoms with Crippen LogP contribution in [0, 0.1) is 13.8 Å². The molecular weight excluding hydrogens is 250 g/mol. The number of nitrogens with zero attached hydrogens (tertiary/aromatic N) is 2. The predicted octanol–water partition coefficient (Wildman–Crippen LogP) is 2.67. The minimum absolute atomic E-state index is 0.794. The summed E-state index contributed by atoms with van der Waals surface area (Å²) >= 11 is 0. The maximum Gasteiger partial charge on any atom is 0.118 e. The molecule has 1 N–H and O–H groups in total. The summed E-state index contributed by atoms with van der Waals surface area (Å²) in [6.07, 6.45) is 0. The van der Waals surface area contributed by atoms with Crippen molar-refractivity contribution >= 4 is 0 Å². The van der Waals surface area contributed by atoms with E-state index in [2.05, 4.69) is 48.0 Å².